The van der Waals surface area contributed by atoms with E-state index in [1.165, 1.54) is 0 Å². The largest absolute Gasteiger partial charge is 0.419 e. The highest BCUT2D eigenvalue weighted by Crippen LogP contribution is 2.32. The van der Waals surface area contributed by atoms with Gasteiger partial charge in [-0.15, -0.1) is 0 Å². The second-order valence-electron chi connectivity index (χ2n) is 2.64. The molecule has 1 aromatic rings. The first-order valence-corrected chi connectivity index (χ1v) is 3.61. The molecule has 1 rings (SSSR count). The van der Waals surface area contributed by atoms with Crippen LogP contribution >= 0.6 is 0 Å². The van der Waals surface area contributed by atoms with E-state index in [0.29, 0.717) is 12.1 Å². The molecule has 0 spiro atoms. The van der Waals surface area contributed by atoms with Gasteiger partial charge in [-0.1, -0.05) is 0 Å². The zero-order valence-electron chi connectivity index (χ0n) is 6.83. The summed E-state index contributed by atoms with van der Waals surface area (Å²) in [6.45, 7) is -0.278. The molecule has 0 saturated carbocycles. The predicted molar refractivity (Wildman–Crippen MR) is 39.3 cm³/mol. The third-order valence-electron chi connectivity index (χ3n) is 1.63. The predicted octanol–water partition coefficient (Wildman–Crippen LogP) is 2.44. The highest BCUT2D eigenvalue weighted by molar-refractivity contribution is 5.28. The molecule has 14 heavy (non-hydrogen) atoms. The summed E-state index contributed by atoms with van der Waals surface area (Å²) in [5.74, 6) is -3.44. The molecule has 6 heteroatoms. The van der Waals surface area contributed by atoms with Gasteiger partial charge in [0.15, 0.2) is 11.6 Å². The molecule has 0 radical (unpaired) electrons. The molecule has 0 atom stereocenters. The van der Waals surface area contributed by atoms with Crippen LogP contribution in [0, 0.1) is 11.6 Å². The van der Waals surface area contributed by atoms with Crippen LogP contribution in [0.1, 0.15) is 11.1 Å². The van der Waals surface area contributed by atoms with Crippen molar-refractivity contribution in [2.75, 3.05) is 0 Å². The summed E-state index contributed by atoms with van der Waals surface area (Å²) in [4.78, 5) is 0. The molecular formula is C8H6F5N. The van der Waals surface area contributed by atoms with Crippen molar-refractivity contribution in [3.8, 4) is 0 Å². The fourth-order valence-corrected chi connectivity index (χ4v) is 0.969. The first-order chi connectivity index (χ1) is 6.36. The van der Waals surface area contributed by atoms with Gasteiger partial charge in [-0.05, 0) is 17.7 Å². The van der Waals surface area contributed by atoms with Crippen LogP contribution in [-0.2, 0) is 12.7 Å². The summed E-state index contributed by atoms with van der Waals surface area (Å²) in [5, 5.41) is 0. The second-order valence-corrected chi connectivity index (χ2v) is 2.64. The van der Waals surface area contributed by atoms with Crippen molar-refractivity contribution in [1.29, 1.82) is 0 Å². The fraction of sp³-hybridized carbons (Fsp3) is 0.250. The monoisotopic (exact) mass is 211 g/mol. The van der Waals surface area contributed by atoms with E-state index in [2.05, 4.69) is 0 Å². The van der Waals surface area contributed by atoms with Gasteiger partial charge in [-0.3, -0.25) is 0 Å². The molecule has 0 bridgehead atoms. The van der Waals surface area contributed by atoms with Gasteiger partial charge in [0.1, 0.15) is 0 Å². The number of rotatable bonds is 1. The second kappa shape index (κ2) is 3.53. The first kappa shape index (κ1) is 10.9. The molecule has 2 N–H and O–H groups in total. The molecular weight excluding hydrogens is 205 g/mol. The SMILES string of the molecule is NCc1cc(F)c(F)c(C(F)(F)F)c1. The Kier molecular flexibility index (Phi) is 2.75. The van der Waals surface area contributed by atoms with Gasteiger partial charge in [0, 0.05) is 6.54 Å². The van der Waals surface area contributed by atoms with E-state index < -0.39 is 23.4 Å². The standard InChI is InChI=1S/C8H6F5N/c9-6-2-4(3-14)1-5(7(6)10)8(11,12)13/h1-2H,3,14H2. The summed E-state index contributed by atoms with van der Waals surface area (Å²) in [6.07, 6.45) is -4.91. The zero-order chi connectivity index (χ0) is 10.9. The van der Waals surface area contributed by atoms with Crippen LogP contribution in [0.2, 0.25) is 0 Å². The van der Waals surface area contributed by atoms with Gasteiger partial charge in [-0.25, -0.2) is 8.78 Å². The van der Waals surface area contributed by atoms with Crippen LogP contribution in [0.5, 0.6) is 0 Å². The lowest BCUT2D eigenvalue weighted by Gasteiger charge is -2.09. The number of hydrogen-bond acceptors (Lipinski definition) is 1. The lowest BCUT2D eigenvalue weighted by Crippen LogP contribution is -2.11. The van der Waals surface area contributed by atoms with Crippen LogP contribution in [0.3, 0.4) is 0 Å². The van der Waals surface area contributed by atoms with Gasteiger partial charge in [-0.2, -0.15) is 13.2 Å². The Hall–Kier alpha value is -1.17. The minimum Gasteiger partial charge on any atom is -0.326 e. The molecule has 0 unspecified atom stereocenters. The Bertz CT molecular complexity index is 344. The van der Waals surface area contributed by atoms with Gasteiger partial charge >= 0.3 is 6.18 Å². The maximum atomic E-state index is 12.7. The highest BCUT2D eigenvalue weighted by Gasteiger charge is 2.35. The Balaban J connectivity index is 3.35. The fourth-order valence-electron chi connectivity index (χ4n) is 0.969. The Morgan fingerprint density at radius 3 is 2.14 bits per heavy atom. The number of nitrogens with two attached hydrogens (primary N) is 1. The van der Waals surface area contributed by atoms with Crippen LogP contribution in [0.4, 0.5) is 22.0 Å². The van der Waals surface area contributed by atoms with Crippen molar-refractivity contribution in [3.63, 3.8) is 0 Å². The minimum atomic E-state index is -4.91. The van der Waals surface area contributed by atoms with Gasteiger partial charge in [0.2, 0.25) is 0 Å². The number of alkyl halides is 3. The van der Waals surface area contributed by atoms with Crippen LogP contribution in [-0.4, -0.2) is 0 Å². The summed E-state index contributed by atoms with van der Waals surface area (Å²) in [5.41, 5.74) is 3.30. The third-order valence-corrected chi connectivity index (χ3v) is 1.63. The summed E-state index contributed by atoms with van der Waals surface area (Å²) >= 11 is 0. The number of hydrogen-bond donors (Lipinski definition) is 1. The molecule has 0 aliphatic carbocycles. The van der Waals surface area contributed by atoms with Crippen molar-refractivity contribution in [1.82, 2.24) is 0 Å². The van der Waals surface area contributed by atoms with Crippen molar-refractivity contribution < 1.29 is 22.0 Å². The highest BCUT2D eigenvalue weighted by atomic mass is 19.4. The lowest BCUT2D eigenvalue weighted by molar-refractivity contribution is -0.140. The average Bonchev–Trinajstić information content (AvgIpc) is 2.07. The van der Waals surface area contributed by atoms with Crippen molar-refractivity contribution in [2.45, 2.75) is 12.7 Å². The molecule has 1 aromatic carbocycles. The molecule has 0 heterocycles. The minimum absolute atomic E-state index is 0.101. The molecule has 0 amide bonds. The van der Waals surface area contributed by atoms with E-state index in [-0.39, 0.29) is 12.1 Å². The van der Waals surface area contributed by atoms with Gasteiger partial charge in [0.25, 0.3) is 0 Å². The van der Waals surface area contributed by atoms with E-state index in [4.69, 9.17) is 5.73 Å². The van der Waals surface area contributed by atoms with Crippen LogP contribution in [0.15, 0.2) is 12.1 Å². The molecule has 78 valence electrons. The molecule has 0 saturated heterocycles. The molecule has 1 nitrogen and oxygen atoms in total. The number of halogens is 5. The zero-order valence-corrected chi connectivity index (χ0v) is 6.83. The van der Waals surface area contributed by atoms with Crippen molar-refractivity contribution >= 4 is 0 Å². The maximum absolute atomic E-state index is 12.7. The lowest BCUT2D eigenvalue weighted by atomic mass is 10.1. The van der Waals surface area contributed by atoms with E-state index in [0.717, 1.165) is 0 Å². The van der Waals surface area contributed by atoms with E-state index >= 15 is 0 Å². The van der Waals surface area contributed by atoms with E-state index in [9.17, 15) is 22.0 Å². The molecule has 0 aromatic heterocycles. The van der Waals surface area contributed by atoms with Gasteiger partial charge < -0.3 is 5.73 Å². The van der Waals surface area contributed by atoms with E-state index in [1.807, 2.05) is 0 Å². The average molecular weight is 211 g/mol. The quantitative estimate of drug-likeness (QED) is 0.709. The summed E-state index contributed by atoms with van der Waals surface area (Å²) in [7, 11) is 0. The third kappa shape index (κ3) is 2.01. The maximum Gasteiger partial charge on any atom is 0.419 e. The number of benzene rings is 1. The topological polar surface area (TPSA) is 26.0 Å². The van der Waals surface area contributed by atoms with E-state index in [1.54, 1.807) is 0 Å². The smallest absolute Gasteiger partial charge is 0.326 e. The van der Waals surface area contributed by atoms with Gasteiger partial charge in [0.05, 0.1) is 5.56 Å². The molecule has 0 aliphatic rings. The Labute approximate surface area is 76.3 Å². The van der Waals surface area contributed by atoms with Crippen LogP contribution < -0.4 is 5.73 Å². The summed E-state index contributed by atoms with van der Waals surface area (Å²) in [6, 6.07) is 1.14. The Morgan fingerprint density at radius 2 is 1.71 bits per heavy atom. The first-order valence-electron chi connectivity index (χ1n) is 3.61. The van der Waals surface area contributed by atoms with Crippen LogP contribution in [0.25, 0.3) is 0 Å². The summed E-state index contributed by atoms with van der Waals surface area (Å²) < 4.78 is 61.6. The molecule has 0 aliphatic heterocycles. The normalized spacial score (nSPS) is 11.9. The Morgan fingerprint density at radius 1 is 1.14 bits per heavy atom. The van der Waals surface area contributed by atoms with Crippen molar-refractivity contribution in [3.05, 3.63) is 34.9 Å². The molecule has 0 fully saturated rings. The van der Waals surface area contributed by atoms with Crippen molar-refractivity contribution in [2.24, 2.45) is 5.73 Å².